The number of rotatable bonds is 5. The van der Waals surface area contributed by atoms with Crippen LogP contribution in [-0.2, 0) is 11.2 Å². The highest BCUT2D eigenvalue weighted by molar-refractivity contribution is 7.18. The van der Waals surface area contributed by atoms with Gasteiger partial charge in [-0.25, -0.2) is 9.97 Å². The molecule has 0 atom stereocenters. The summed E-state index contributed by atoms with van der Waals surface area (Å²) < 4.78 is 1.23. The quantitative estimate of drug-likeness (QED) is 0.664. The van der Waals surface area contributed by atoms with Crippen molar-refractivity contribution in [3.8, 4) is 0 Å². The first-order valence-electron chi connectivity index (χ1n) is 8.76. The average molecular weight is 372 g/mol. The van der Waals surface area contributed by atoms with Crippen LogP contribution >= 0.6 is 22.7 Å². The zero-order valence-electron chi connectivity index (χ0n) is 14.0. The van der Waals surface area contributed by atoms with E-state index in [9.17, 15) is 4.79 Å². The Bertz CT molecular complexity index is 818. The van der Waals surface area contributed by atoms with Crippen LogP contribution in [0.4, 0.5) is 5.13 Å². The molecule has 1 aliphatic carbocycles. The summed E-state index contributed by atoms with van der Waals surface area (Å²) in [6.07, 6.45) is 9.07. The van der Waals surface area contributed by atoms with E-state index in [2.05, 4.69) is 28.5 Å². The smallest absolute Gasteiger partial charge is 0.226 e. The van der Waals surface area contributed by atoms with Crippen LogP contribution in [0.5, 0.6) is 0 Å². The highest BCUT2D eigenvalue weighted by Crippen LogP contribution is 2.43. The minimum Gasteiger partial charge on any atom is -0.302 e. The largest absolute Gasteiger partial charge is 0.302 e. The summed E-state index contributed by atoms with van der Waals surface area (Å²) in [6.45, 7) is 0. The Labute approximate surface area is 155 Å². The van der Waals surface area contributed by atoms with E-state index in [1.54, 1.807) is 17.5 Å². The molecule has 1 N–H and O–H groups in total. The number of fused-ring (bicyclic) bond motifs is 1. The predicted octanol–water partition coefficient (Wildman–Crippen LogP) is 5.27. The number of benzene rings is 1. The SMILES string of the molecule is O=C(CC1(Cc2nc3ccccc3s2)CCCCC1)Nc1nccs1. The van der Waals surface area contributed by atoms with Crippen molar-refractivity contribution >= 4 is 43.9 Å². The van der Waals surface area contributed by atoms with Gasteiger partial charge in [0.15, 0.2) is 5.13 Å². The molecule has 2 heterocycles. The third-order valence-electron chi connectivity index (χ3n) is 4.99. The molecule has 1 fully saturated rings. The molecule has 0 spiro atoms. The van der Waals surface area contributed by atoms with Crippen LogP contribution in [0.25, 0.3) is 10.2 Å². The normalized spacial score (nSPS) is 16.8. The summed E-state index contributed by atoms with van der Waals surface area (Å²) in [5.74, 6) is 0.0814. The maximum absolute atomic E-state index is 12.6. The van der Waals surface area contributed by atoms with Gasteiger partial charge in [-0.1, -0.05) is 31.4 Å². The molecule has 3 aromatic rings. The molecule has 1 saturated carbocycles. The summed E-state index contributed by atoms with van der Waals surface area (Å²) in [5.41, 5.74) is 1.11. The number of anilines is 1. The molecule has 130 valence electrons. The van der Waals surface area contributed by atoms with Crippen molar-refractivity contribution < 1.29 is 4.79 Å². The minimum atomic E-state index is 0.0352. The summed E-state index contributed by atoms with van der Waals surface area (Å²) in [7, 11) is 0. The van der Waals surface area contributed by atoms with Crippen molar-refractivity contribution in [3.05, 3.63) is 40.8 Å². The van der Waals surface area contributed by atoms with Crippen molar-refractivity contribution in [3.63, 3.8) is 0 Å². The second-order valence-corrected chi connectivity index (χ2v) is 8.88. The van der Waals surface area contributed by atoms with Gasteiger partial charge < -0.3 is 5.32 Å². The van der Waals surface area contributed by atoms with Crippen molar-refractivity contribution in [1.29, 1.82) is 0 Å². The third kappa shape index (κ3) is 3.90. The number of thiazole rings is 2. The Morgan fingerprint density at radius 2 is 2.04 bits per heavy atom. The van der Waals surface area contributed by atoms with Crippen LogP contribution in [-0.4, -0.2) is 15.9 Å². The number of carbonyl (C=O) groups excluding carboxylic acids is 1. The number of aromatic nitrogens is 2. The Morgan fingerprint density at radius 3 is 2.80 bits per heavy atom. The monoisotopic (exact) mass is 371 g/mol. The molecule has 4 nitrogen and oxygen atoms in total. The number of hydrogen-bond acceptors (Lipinski definition) is 5. The number of nitrogens with one attached hydrogen (secondary N) is 1. The van der Waals surface area contributed by atoms with Gasteiger partial charge in [0, 0.05) is 24.4 Å². The lowest BCUT2D eigenvalue weighted by molar-refractivity contribution is -0.119. The standard InChI is InChI=1S/C19H21N3OS2/c23-16(22-18-20-10-11-24-18)12-19(8-4-1-5-9-19)13-17-21-14-6-2-3-7-15(14)25-17/h2-3,6-7,10-11H,1,4-5,8-9,12-13H2,(H,20,22,23). The highest BCUT2D eigenvalue weighted by Gasteiger charge is 2.35. The number of nitrogens with zero attached hydrogens (tertiary/aromatic N) is 2. The fourth-order valence-corrected chi connectivity index (χ4v) is 5.51. The molecule has 1 aromatic carbocycles. The molecule has 0 aliphatic heterocycles. The van der Waals surface area contributed by atoms with E-state index in [1.165, 1.54) is 35.3 Å². The summed E-state index contributed by atoms with van der Waals surface area (Å²) in [6, 6.07) is 8.28. The molecule has 0 unspecified atom stereocenters. The van der Waals surface area contributed by atoms with Crippen molar-refractivity contribution in [2.45, 2.75) is 44.9 Å². The first-order valence-corrected chi connectivity index (χ1v) is 10.5. The molecule has 2 aromatic heterocycles. The first-order chi connectivity index (χ1) is 12.2. The third-order valence-corrected chi connectivity index (χ3v) is 6.72. The van der Waals surface area contributed by atoms with E-state index in [1.807, 2.05) is 11.4 Å². The predicted molar refractivity (Wildman–Crippen MR) is 104 cm³/mol. The molecule has 4 rings (SSSR count). The van der Waals surface area contributed by atoms with E-state index in [4.69, 9.17) is 4.98 Å². The lowest BCUT2D eigenvalue weighted by Crippen LogP contribution is -2.32. The van der Waals surface area contributed by atoms with Gasteiger partial charge in [-0.2, -0.15) is 0 Å². The van der Waals surface area contributed by atoms with E-state index in [0.717, 1.165) is 29.8 Å². The second kappa shape index (κ2) is 7.22. The van der Waals surface area contributed by atoms with Crippen LogP contribution < -0.4 is 5.32 Å². The van der Waals surface area contributed by atoms with E-state index >= 15 is 0 Å². The van der Waals surface area contributed by atoms with Gasteiger partial charge >= 0.3 is 0 Å². The average Bonchev–Trinajstić information content (AvgIpc) is 3.24. The van der Waals surface area contributed by atoms with Crippen LogP contribution in [0.15, 0.2) is 35.8 Å². The van der Waals surface area contributed by atoms with Gasteiger partial charge in [-0.15, -0.1) is 22.7 Å². The number of para-hydroxylation sites is 1. The number of carbonyl (C=O) groups is 1. The van der Waals surface area contributed by atoms with E-state index < -0.39 is 0 Å². The van der Waals surface area contributed by atoms with Crippen molar-refractivity contribution in [1.82, 2.24) is 9.97 Å². The van der Waals surface area contributed by atoms with Crippen molar-refractivity contribution in [2.75, 3.05) is 5.32 Å². The molecule has 1 aliphatic rings. The van der Waals surface area contributed by atoms with Gasteiger partial charge in [0.2, 0.25) is 5.91 Å². The summed E-state index contributed by atoms with van der Waals surface area (Å²) in [5, 5.41) is 6.69. The Kier molecular flexibility index (Phi) is 4.81. The van der Waals surface area contributed by atoms with Crippen LogP contribution in [0.2, 0.25) is 0 Å². The molecular weight excluding hydrogens is 350 g/mol. The van der Waals surface area contributed by atoms with Gasteiger partial charge in [-0.3, -0.25) is 4.79 Å². The van der Waals surface area contributed by atoms with Gasteiger partial charge in [-0.05, 0) is 30.4 Å². The van der Waals surface area contributed by atoms with Crippen molar-refractivity contribution in [2.24, 2.45) is 5.41 Å². The maximum atomic E-state index is 12.6. The van der Waals surface area contributed by atoms with Crippen LogP contribution in [0.1, 0.15) is 43.5 Å². The minimum absolute atomic E-state index is 0.0352. The number of amides is 1. The van der Waals surface area contributed by atoms with Gasteiger partial charge in [0.25, 0.3) is 0 Å². The second-order valence-electron chi connectivity index (χ2n) is 6.87. The van der Waals surface area contributed by atoms with Crippen LogP contribution in [0, 0.1) is 5.41 Å². The zero-order chi connectivity index (χ0) is 17.1. The number of hydrogen-bond donors (Lipinski definition) is 1. The first kappa shape index (κ1) is 16.7. The molecule has 6 heteroatoms. The highest BCUT2D eigenvalue weighted by atomic mass is 32.1. The lowest BCUT2D eigenvalue weighted by Gasteiger charge is -2.36. The lowest BCUT2D eigenvalue weighted by atomic mass is 9.69. The van der Waals surface area contributed by atoms with E-state index in [-0.39, 0.29) is 11.3 Å². The molecular formula is C19H21N3OS2. The van der Waals surface area contributed by atoms with Gasteiger partial charge in [0.1, 0.15) is 0 Å². The molecule has 1 amide bonds. The molecule has 0 saturated heterocycles. The summed E-state index contributed by atoms with van der Waals surface area (Å²) >= 11 is 3.23. The maximum Gasteiger partial charge on any atom is 0.226 e. The Balaban J connectivity index is 1.52. The fourth-order valence-electron chi connectivity index (χ4n) is 3.82. The van der Waals surface area contributed by atoms with Crippen LogP contribution in [0.3, 0.4) is 0 Å². The van der Waals surface area contributed by atoms with Gasteiger partial charge in [0.05, 0.1) is 15.2 Å². The Morgan fingerprint density at radius 1 is 1.20 bits per heavy atom. The molecule has 0 radical (unpaired) electrons. The molecule has 0 bridgehead atoms. The Hall–Kier alpha value is -1.79. The summed E-state index contributed by atoms with van der Waals surface area (Å²) in [4.78, 5) is 21.6. The van der Waals surface area contributed by atoms with E-state index in [0.29, 0.717) is 11.6 Å². The molecule has 25 heavy (non-hydrogen) atoms. The zero-order valence-corrected chi connectivity index (χ0v) is 15.7. The topological polar surface area (TPSA) is 54.9 Å². The fraction of sp³-hybridized carbons (Fsp3) is 0.421.